The van der Waals surface area contributed by atoms with E-state index in [-0.39, 0.29) is 59.0 Å². The number of methoxy groups -OCH3 is 1. The van der Waals surface area contributed by atoms with Crippen molar-refractivity contribution in [3.63, 3.8) is 0 Å². The average Bonchev–Trinajstić information content (AvgIpc) is 3.05. The van der Waals surface area contributed by atoms with E-state index in [4.69, 9.17) is 9.47 Å². The summed E-state index contributed by atoms with van der Waals surface area (Å²) in [6.07, 6.45) is 23.5. The largest absolute Gasteiger partial charge is 0.494 e. The fourth-order valence-electron chi connectivity index (χ4n) is 9.38. The number of hydrogen-bond acceptors (Lipinski definition) is 5. The maximum atomic E-state index is 14.8. The molecule has 4 rings (SSSR count). The fourth-order valence-corrected chi connectivity index (χ4v) is 9.38. The molecule has 282 valence electrons. The highest BCUT2D eigenvalue weighted by Gasteiger charge is 2.50. The standard InChI is InChI=1S/C45H68N2O4/c1-13-40-44(8,9)42(47(24-25-50-12)43(49)37-20-16-21-37)34(6)41(48)31(3)28-45(10,27-30(2)32(4)33(5)35(7)51-40)23-17-18-36-26-38-19-14-15-22-39(38)46(11)29-36/h14-15,17-19,22,26,29-31,33-34,37,39-40,42H,4,7,13,16,20-21,23-25,27-28H2,1-3,5-6,8-12H3/b18-17+/t30-,31-,33?,34?,39?,40-,42?,45+/m1/s1. The smallest absolute Gasteiger partial charge is 0.226 e. The van der Waals surface area contributed by atoms with E-state index in [9.17, 15) is 9.59 Å². The lowest BCUT2D eigenvalue weighted by Gasteiger charge is -2.50. The second-order valence-electron chi connectivity index (χ2n) is 17.1. The van der Waals surface area contributed by atoms with Crippen molar-refractivity contribution in [1.82, 2.24) is 9.80 Å². The summed E-state index contributed by atoms with van der Waals surface area (Å²) < 4.78 is 12.4. The predicted octanol–water partition coefficient (Wildman–Crippen LogP) is 9.63. The molecule has 2 fully saturated rings. The number of ketones is 1. The molecule has 1 saturated carbocycles. The Labute approximate surface area is 310 Å². The van der Waals surface area contributed by atoms with Gasteiger partial charge in [0, 0.05) is 62.0 Å². The van der Waals surface area contributed by atoms with E-state index >= 15 is 0 Å². The van der Waals surface area contributed by atoms with Gasteiger partial charge >= 0.3 is 0 Å². The molecule has 6 nitrogen and oxygen atoms in total. The van der Waals surface area contributed by atoms with Gasteiger partial charge in [-0.15, -0.1) is 0 Å². The molecule has 0 bridgehead atoms. The van der Waals surface area contributed by atoms with E-state index in [1.807, 2.05) is 4.90 Å². The molecule has 0 spiro atoms. The Morgan fingerprint density at radius 1 is 1.10 bits per heavy atom. The number of fused-ring (bicyclic) bond motifs is 1. The molecule has 1 saturated heterocycles. The van der Waals surface area contributed by atoms with Gasteiger partial charge in [-0.1, -0.05) is 117 Å². The molecular weight excluding hydrogens is 633 g/mol. The van der Waals surface area contributed by atoms with Gasteiger partial charge in [-0.3, -0.25) is 9.59 Å². The lowest BCUT2D eigenvalue weighted by Crippen LogP contribution is -2.60. The van der Waals surface area contributed by atoms with Crippen LogP contribution in [0.3, 0.4) is 0 Å². The van der Waals surface area contributed by atoms with E-state index in [1.165, 1.54) is 11.1 Å². The van der Waals surface area contributed by atoms with Crippen LogP contribution in [0.2, 0.25) is 0 Å². The van der Waals surface area contributed by atoms with E-state index in [2.05, 4.69) is 129 Å². The zero-order valence-electron chi connectivity index (χ0n) is 33.5. The quantitative estimate of drug-likeness (QED) is 0.224. The summed E-state index contributed by atoms with van der Waals surface area (Å²) in [4.78, 5) is 33.3. The first kappa shape index (κ1) is 40.6. The van der Waals surface area contributed by atoms with Crippen LogP contribution in [-0.2, 0) is 19.1 Å². The number of nitrogens with zero attached hydrogens (tertiary/aromatic N) is 2. The minimum absolute atomic E-state index is 0.00699. The molecule has 0 aromatic heterocycles. The topological polar surface area (TPSA) is 59.1 Å². The third-order valence-electron chi connectivity index (χ3n) is 12.6. The van der Waals surface area contributed by atoms with Crippen LogP contribution in [0.5, 0.6) is 0 Å². The Morgan fingerprint density at radius 3 is 2.41 bits per heavy atom. The van der Waals surface area contributed by atoms with Crippen molar-refractivity contribution >= 4 is 11.7 Å². The van der Waals surface area contributed by atoms with Crippen LogP contribution < -0.4 is 0 Å². The number of hydrogen-bond donors (Lipinski definition) is 0. The Morgan fingerprint density at radius 2 is 1.78 bits per heavy atom. The van der Waals surface area contributed by atoms with Crippen molar-refractivity contribution in [3.05, 3.63) is 84.4 Å². The summed E-state index contributed by atoms with van der Waals surface area (Å²) in [7, 11) is 3.80. The Balaban J connectivity index is 1.72. The van der Waals surface area contributed by atoms with Crippen molar-refractivity contribution in [1.29, 1.82) is 0 Å². The molecule has 4 aliphatic rings. The molecule has 0 N–H and O–H groups in total. The number of Topliss-reactive ketones (excluding diaryl/α,β-unsaturated/α-hetero) is 1. The highest BCUT2D eigenvalue weighted by Crippen LogP contribution is 2.46. The number of ether oxygens (including phenoxy) is 2. The number of amides is 1. The van der Waals surface area contributed by atoms with Gasteiger partial charge in [0.2, 0.25) is 5.91 Å². The molecule has 6 heteroatoms. The van der Waals surface area contributed by atoms with Crippen LogP contribution >= 0.6 is 0 Å². The second kappa shape index (κ2) is 17.1. The molecule has 2 aliphatic heterocycles. The summed E-state index contributed by atoms with van der Waals surface area (Å²) in [6.45, 7) is 27.3. The maximum absolute atomic E-state index is 14.8. The molecule has 0 radical (unpaired) electrons. The lowest BCUT2D eigenvalue weighted by molar-refractivity contribution is -0.153. The molecule has 1 amide bonds. The van der Waals surface area contributed by atoms with E-state index in [0.29, 0.717) is 18.9 Å². The zero-order valence-corrected chi connectivity index (χ0v) is 33.5. The summed E-state index contributed by atoms with van der Waals surface area (Å²) >= 11 is 0. The lowest BCUT2D eigenvalue weighted by atomic mass is 9.66. The van der Waals surface area contributed by atoms with Gasteiger partial charge in [0.1, 0.15) is 11.9 Å². The first-order chi connectivity index (χ1) is 24.0. The van der Waals surface area contributed by atoms with Gasteiger partial charge in [-0.05, 0) is 67.1 Å². The first-order valence-electron chi connectivity index (χ1n) is 19.6. The van der Waals surface area contributed by atoms with Gasteiger partial charge in [0.15, 0.2) is 0 Å². The SMILES string of the molecule is C=C1O[C@H](CC)C(C)(C)C(N(CCOC)C(=O)C2CCC2)C(C)C(=O)[C@H](C)C[C@@](C)(C/C=C/C2=CN(C)C3C=CC=CC3=C2)C[C@@H](C)C(=C)C1C. The van der Waals surface area contributed by atoms with Crippen LogP contribution in [0.4, 0.5) is 0 Å². The predicted molar refractivity (Wildman–Crippen MR) is 211 cm³/mol. The van der Waals surface area contributed by atoms with Crippen molar-refractivity contribution in [2.24, 2.45) is 40.4 Å². The highest BCUT2D eigenvalue weighted by atomic mass is 16.5. The Hall–Kier alpha value is -3.12. The summed E-state index contributed by atoms with van der Waals surface area (Å²) in [5.74, 6) is 0.643. The molecule has 2 aliphatic carbocycles. The van der Waals surface area contributed by atoms with Gasteiger partial charge < -0.3 is 19.3 Å². The van der Waals surface area contributed by atoms with E-state index < -0.39 is 11.3 Å². The normalized spacial score (nSPS) is 33.6. The number of carbonyl (C=O) groups is 2. The minimum Gasteiger partial charge on any atom is -0.494 e. The zero-order chi connectivity index (χ0) is 37.7. The van der Waals surface area contributed by atoms with Crippen LogP contribution in [0.15, 0.2) is 84.4 Å². The van der Waals surface area contributed by atoms with E-state index in [0.717, 1.165) is 50.5 Å². The van der Waals surface area contributed by atoms with Crippen molar-refractivity contribution in [3.8, 4) is 0 Å². The molecule has 51 heavy (non-hydrogen) atoms. The number of likely N-dealkylation sites (N-methyl/N-ethyl adjacent to an activating group) is 1. The highest BCUT2D eigenvalue weighted by molar-refractivity contribution is 5.85. The van der Waals surface area contributed by atoms with Crippen LogP contribution in [-0.4, -0.2) is 67.0 Å². The summed E-state index contributed by atoms with van der Waals surface area (Å²) in [6, 6.07) is -0.0858. The number of rotatable bonds is 9. The maximum Gasteiger partial charge on any atom is 0.226 e. The molecular formula is C45H68N2O4. The summed E-state index contributed by atoms with van der Waals surface area (Å²) in [5, 5.41) is 0. The van der Waals surface area contributed by atoms with Gasteiger partial charge in [-0.2, -0.15) is 0 Å². The molecule has 2 heterocycles. The minimum atomic E-state index is -0.555. The molecule has 0 aromatic rings. The molecule has 4 unspecified atom stereocenters. The first-order valence-corrected chi connectivity index (χ1v) is 19.6. The van der Waals surface area contributed by atoms with Crippen molar-refractivity contribution in [2.75, 3.05) is 27.3 Å². The van der Waals surface area contributed by atoms with Gasteiger partial charge in [0.25, 0.3) is 0 Å². The summed E-state index contributed by atoms with van der Waals surface area (Å²) in [5.41, 5.74) is 2.85. The number of allylic oxidation sites excluding steroid dienone is 7. The van der Waals surface area contributed by atoms with Crippen LogP contribution in [0.1, 0.15) is 100 Å². The van der Waals surface area contributed by atoms with Crippen molar-refractivity contribution in [2.45, 2.75) is 119 Å². The van der Waals surface area contributed by atoms with Gasteiger partial charge in [0.05, 0.1) is 18.4 Å². The average molecular weight is 701 g/mol. The van der Waals surface area contributed by atoms with Crippen LogP contribution in [0, 0.1) is 40.4 Å². The fraction of sp³-hybridized carbons (Fsp3) is 0.644. The molecule has 8 atom stereocenters. The monoisotopic (exact) mass is 701 g/mol. The van der Waals surface area contributed by atoms with Crippen LogP contribution in [0.25, 0.3) is 0 Å². The third-order valence-corrected chi connectivity index (χ3v) is 12.6. The Kier molecular flexibility index (Phi) is 13.7. The van der Waals surface area contributed by atoms with E-state index in [1.54, 1.807) is 7.11 Å². The number of carbonyl (C=O) groups excluding carboxylic acids is 2. The van der Waals surface area contributed by atoms with Gasteiger partial charge in [-0.25, -0.2) is 0 Å². The third kappa shape index (κ3) is 9.28. The Bertz CT molecular complexity index is 1440. The van der Waals surface area contributed by atoms with Crippen molar-refractivity contribution < 1.29 is 19.1 Å². The molecule has 0 aromatic carbocycles. The second-order valence-corrected chi connectivity index (χ2v) is 17.1.